The van der Waals surface area contributed by atoms with Crippen molar-refractivity contribution in [2.24, 2.45) is 5.92 Å². The summed E-state index contributed by atoms with van der Waals surface area (Å²) in [5.41, 5.74) is 0. The Morgan fingerprint density at radius 2 is 0.667 bits per heavy atom. The van der Waals surface area contributed by atoms with Crippen molar-refractivity contribution >= 4 is 39.5 Å². The summed E-state index contributed by atoms with van der Waals surface area (Å²) in [6.07, 6.45) is 41.4. The first kappa shape index (κ1) is 78.5. The van der Waals surface area contributed by atoms with Gasteiger partial charge in [0.2, 0.25) is 0 Å². The Hall–Kier alpha value is -2.46. The number of allylic oxidation sites excluding steroid dienone is 4. The zero-order chi connectivity index (χ0) is 59.9. The van der Waals surface area contributed by atoms with E-state index in [-0.39, 0.29) is 25.7 Å². The maximum atomic E-state index is 12.9. The Kier molecular flexibility index (Phi) is 53.7. The molecule has 0 bridgehead atoms. The summed E-state index contributed by atoms with van der Waals surface area (Å²) in [5, 5.41) is 10.5. The molecule has 3 N–H and O–H groups in total. The molecular weight excluding hydrogens is 1080 g/mol. The molecule has 5 atom stereocenters. The van der Waals surface area contributed by atoms with Crippen molar-refractivity contribution in [1.82, 2.24) is 0 Å². The maximum Gasteiger partial charge on any atom is 0.472 e. The Balaban J connectivity index is 5.24. The predicted molar refractivity (Wildman–Crippen MR) is 321 cm³/mol. The van der Waals surface area contributed by atoms with Crippen molar-refractivity contribution in [2.45, 2.75) is 303 Å². The number of unbranched alkanes of at least 4 members (excludes halogenated alkanes) is 29. The fraction of sp³-hybridized carbons (Fsp3) is 0.871. The van der Waals surface area contributed by atoms with Crippen LogP contribution in [-0.2, 0) is 65.4 Å². The van der Waals surface area contributed by atoms with E-state index in [4.69, 9.17) is 37.0 Å². The summed E-state index contributed by atoms with van der Waals surface area (Å²) >= 11 is 0. The normalized spacial score (nSPS) is 14.5. The lowest BCUT2D eigenvalue weighted by Crippen LogP contribution is -2.30. The largest absolute Gasteiger partial charge is 0.472 e. The van der Waals surface area contributed by atoms with Crippen molar-refractivity contribution in [3.8, 4) is 0 Å². The van der Waals surface area contributed by atoms with Crippen LogP contribution in [-0.4, -0.2) is 96.7 Å². The number of hydrogen-bond acceptors (Lipinski definition) is 15. The summed E-state index contributed by atoms with van der Waals surface area (Å²) in [4.78, 5) is 71.9. The molecule has 0 saturated carbocycles. The van der Waals surface area contributed by atoms with Crippen LogP contribution in [0.3, 0.4) is 0 Å². The highest BCUT2D eigenvalue weighted by molar-refractivity contribution is 7.47. The van der Waals surface area contributed by atoms with Crippen LogP contribution in [0.15, 0.2) is 24.3 Å². The molecule has 0 spiro atoms. The van der Waals surface area contributed by atoms with Gasteiger partial charge in [-0.25, -0.2) is 9.13 Å². The number of aliphatic hydroxyl groups excluding tert-OH is 1. The highest BCUT2D eigenvalue weighted by atomic mass is 31.2. The van der Waals surface area contributed by atoms with Gasteiger partial charge in [-0.2, -0.15) is 0 Å². The molecule has 81 heavy (non-hydrogen) atoms. The lowest BCUT2D eigenvalue weighted by Gasteiger charge is -2.21. The number of phosphoric ester groups is 2. The second kappa shape index (κ2) is 55.4. The van der Waals surface area contributed by atoms with E-state index in [2.05, 4.69) is 58.9 Å². The van der Waals surface area contributed by atoms with Crippen LogP contribution in [0.2, 0.25) is 0 Å². The van der Waals surface area contributed by atoms with Gasteiger partial charge in [0.25, 0.3) is 0 Å². The molecule has 0 saturated heterocycles. The molecule has 0 aromatic carbocycles. The zero-order valence-electron chi connectivity index (χ0n) is 51.4. The van der Waals surface area contributed by atoms with Crippen LogP contribution >= 0.6 is 15.6 Å². The van der Waals surface area contributed by atoms with E-state index in [1.165, 1.54) is 70.6 Å². The van der Waals surface area contributed by atoms with Gasteiger partial charge in [-0.3, -0.25) is 37.3 Å². The second-order valence-corrected chi connectivity index (χ2v) is 25.1. The number of carbonyl (C=O) groups excluding carboxylic acids is 4. The van der Waals surface area contributed by atoms with Gasteiger partial charge < -0.3 is 33.8 Å². The summed E-state index contributed by atoms with van der Waals surface area (Å²) in [6, 6.07) is 0. The van der Waals surface area contributed by atoms with Gasteiger partial charge in [0, 0.05) is 25.7 Å². The first-order chi connectivity index (χ1) is 39.0. The lowest BCUT2D eigenvalue weighted by molar-refractivity contribution is -0.161. The molecule has 0 aliphatic carbocycles. The highest BCUT2D eigenvalue weighted by Crippen LogP contribution is 2.45. The van der Waals surface area contributed by atoms with E-state index in [1.807, 2.05) is 0 Å². The third-order valence-electron chi connectivity index (χ3n) is 13.7. The van der Waals surface area contributed by atoms with Gasteiger partial charge in [0.15, 0.2) is 12.2 Å². The molecular formula is C62H116O17P2. The van der Waals surface area contributed by atoms with Crippen molar-refractivity contribution in [3.05, 3.63) is 24.3 Å². The minimum Gasteiger partial charge on any atom is -0.462 e. The van der Waals surface area contributed by atoms with E-state index in [0.717, 1.165) is 134 Å². The minimum absolute atomic E-state index is 0.0843. The topological polar surface area (TPSA) is 237 Å². The number of ether oxygens (including phenoxy) is 4. The van der Waals surface area contributed by atoms with Crippen molar-refractivity contribution in [3.63, 3.8) is 0 Å². The van der Waals surface area contributed by atoms with Gasteiger partial charge in [0.05, 0.1) is 26.4 Å². The first-order valence-corrected chi connectivity index (χ1v) is 34.9. The third-order valence-corrected chi connectivity index (χ3v) is 15.6. The summed E-state index contributed by atoms with van der Waals surface area (Å²) in [6.45, 7) is 7.00. The molecule has 2 unspecified atom stereocenters. The van der Waals surface area contributed by atoms with Crippen LogP contribution in [0, 0.1) is 5.92 Å². The van der Waals surface area contributed by atoms with Gasteiger partial charge >= 0.3 is 39.5 Å². The average Bonchev–Trinajstić information content (AvgIpc) is 3.43. The molecule has 17 nitrogen and oxygen atoms in total. The Labute approximate surface area is 491 Å². The predicted octanol–water partition coefficient (Wildman–Crippen LogP) is 16.6. The molecule has 0 amide bonds. The van der Waals surface area contributed by atoms with Gasteiger partial charge in [-0.05, 0) is 57.3 Å². The van der Waals surface area contributed by atoms with Gasteiger partial charge in [-0.1, -0.05) is 232 Å². The zero-order valence-corrected chi connectivity index (χ0v) is 53.2. The van der Waals surface area contributed by atoms with Crippen molar-refractivity contribution in [2.75, 3.05) is 39.6 Å². The molecule has 0 aromatic heterocycles. The Morgan fingerprint density at radius 1 is 0.383 bits per heavy atom. The van der Waals surface area contributed by atoms with Crippen LogP contribution in [0.5, 0.6) is 0 Å². The molecule has 0 aliphatic heterocycles. The Morgan fingerprint density at radius 3 is 1.01 bits per heavy atom. The molecule has 476 valence electrons. The summed E-state index contributed by atoms with van der Waals surface area (Å²) in [7, 11) is -9.89. The summed E-state index contributed by atoms with van der Waals surface area (Å²) < 4.78 is 67.7. The van der Waals surface area contributed by atoms with Crippen LogP contribution in [0.4, 0.5) is 0 Å². The smallest absolute Gasteiger partial charge is 0.462 e. The van der Waals surface area contributed by atoms with Crippen molar-refractivity contribution < 1.29 is 80.2 Å². The minimum atomic E-state index is -4.95. The Bertz CT molecular complexity index is 1680. The van der Waals surface area contributed by atoms with E-state index in [1.54, 1.807) is 0 Å². The SMILES string of the molecule is CCCCCC/C=C\C=C/CCCCCCCC(=O)O[C@H](COC(=O)CCCCCCCCCCC(C)C)COP(=O)(O)OC[C@@H](O)COP(=O)(O)OC[C@@H](COC(=O)CCCCCCCCC)OC(=O)CCCCCCCCCC. The number of esters is 4. The molecule has 19 heteroatoms. The molecule has 0 rings (SSSR count). The standard InChI is InChI=1S/C62H116O17P2/c1-6-9-12-15-18-20-21-22-23-24-25-26-33-38-43-48-62(67)79-58(52-73-60(65)46-41-36-32-28-27-30-34-39-44-55(4)5)54-77-81(70,71)75-50-56(63)49-74-80(68,69)76-53-57(51-72-59(64)45-40-35-29-17-14-11-8-3)78-61(66)47-42-37-31-19-16-13-10-7-2/h20-23,55-58,63H,6-19,24-54H2,1-5H3,(H,68,69)(H,70,71)/b21-20-,23-22-/t56-,57+,58+/m0/s1. The number of aliphatic hydroxyl groups is 1. The molecule has 0 aliphatic rings. The van der Waals surface area contributed by atoms with Crippen LogP contribution in [0.1, 0.15) is 285 Å². The number of phosphoric acid groups is 2. The second-order valence-electron chi connectivity index (χ2n) is 22.2. The number of carbonyl (C=O) groups is 4. The highest BCUT2D eigenvalue weighted by Gasteiger charge is 2.30. The van der Waals surface area contributed by atoms with Gasteiger partial charge in [0.1, 0.15) is 19.3 Å². The first-order valence-electron chi connectivity index (χ1n) is 32.0. The van der Waals surface area contributed by atoms with Crippen molar-refractivity contribution in [1.29, 1.82) is 0 Å². The fourth-order valence-corrected chi connectivity index (χ4v) is 10.3. The van der Waals surface area contributed by atoms with E-state index in [0.29, 0.717) is 25.7 Å². The monoisotopic (exact) mass is 1190 g/mol. The molecule has 0 heterocycles. The summed E-state index contributed by atoms with van der Waals surface area (Å²) in [5.74, 6) is -1.45. The third kappa shape index (κ3) is 56.4. The number of hydrogen-bond donors (Lipinski definition) is 3. The fourth-order valence-electron chi connectivity index (χ4n) is 8.69. The molecule has 0 radical (unpaired) electrons. The van der Waals surface area contributed by atoms with E-state index >= 15 is 0 Å². The lowest BCUT2D eigenvalue weighted by atomic mass is 10.0. The quantitative estimate of drug-likeness (QED) is 0.0169. The number of rotatable bonds is 60. The van der Waals surface area contributed by atoms with E-state index < -0.39 is 97.5 Å². The molecule has 0 fully saturated rings. The van der Waals surface area contributed by atoms with Crippen LogP contribution < -0.4 is 0 Å². The average molecular weight is 1200 g/mol. The van der Waals surface area contributed by atoms with Crippen LogP contribution in [0.25, 0.3) is 0 Å². The molecule has 0 aromatic rings. The van der Waals surface area contributed by atoms with Gasteiger partial charge in [-0.15, -0.1) is 0 Å². The van der Waals surface area contributed by atoms with E-state index in [9.17, 15) is 43.2 Å². The maximum absolute atomic E-state index is 12.9.